The first-order valence-corrected chi connectivity index (χ1v) is 5.56. The highest BCUT2D eigenvalue weighted by molar-refractivity contribution is 5.90. The van der Waals surface area contributed by atoms with E-state index >= 15 is 0 Å². The van der Waals surface area contributed by atoms with Crippen LogP contribution in [0.4, 0.5) is 11.4 Å². The number of aromatic carboxylic acids is 1. The zero-order chi connectivity index (χ0) is 11.5. The highest BCUT2D eigenvalue weighted by atomic mass is 35.5. The van der Waals surface area contributed by atoms with Crippen LogP contribution in [0.2, 0.25) is 0 Å². The van der Waals surface area contributed by atoms with Gasteiger partial charge in [0.2, 0.25) is 0 Å². The van der Waals surface area contributed by atoms with Gasteiger partial charge >= 0.3 is 5.97 Å². The van der Waals surface area contributed by atoms with Crippen molar-refractivity contribution in [3.63, 3.8) is 0 Å². The lowest BCUT2D eigenvalue weighted by Crippen LogP contribution is -2.30. The molecule has 1 aromatic carbocycles. The highest BCUT2D eigenvalue weighted by Crippen LogP contribution is 2.27. The maximum Gasteiger partial charge on any atom is 0.335 e. The van der Waals surface area contributed by atoms with E-state index in [2.05, 4.69) is 4.90 Å². The lowest BCUT2D eigenvalue weighted by atomic mass is 10.1. The summed E-state index contributed by atoms with van der Waals surface area (Å²) >= 11 is 0. The summed E-state index contributed by atoms with van der Waals surface area (Å²) in [6, 6.07) is 4.96. The summed E-state index contributed by atoms with van der Waals surface area (Å²) < 4.78 is 0. The van der Waals surface area contributed by atoms with Crippen molar-refractivity contribution in [2.24, 2.45) is 0 Å². The van der Waals surface area contributed by atoms with Gasteiger partial charge in [0.25, 0.3) is 0 Å². The number of carbonyl (C=O) groups is 1. The van der Waals surface area contributed by atoms with Crippen LogP contribution in [0.3, 0.4) is 0 Å². The van der Waals surface area contributed by atoms with Crippen LogP contribution < -0.4 is 10.6 Å². The Morgan fingerprint density at radius 3 is 2.41 bits per heavy atom. The molecule has 0 radical (unpaired) electrons. The maximum absolute atomic E-state index is 10.8. The van der Waals surface area contributed by atoms with Crippen molar-refractivity contribution >= 4 is 29.8 Å². The van der Waals surface area contributed by atoms with Crippen LogP contribution in [-0.4, -0.2) is 24.2 Å². The molecule has 4 nitrogen and oxygen atoms in total. The minimum absolute atomic E-state index is 0. The smallest absolute Gasteiger partial charge is 0.335 e. The number of anilines is 2. The second-order valence-electron chi connectivity index (χ2n) is 4.13. The average Bonchev–Trinajstić information content (AvgIpc) is 2.30. The van der Waals surface area contributed by atoms with E-state index < -0.39 is 5.97 Å². The Bertz CT molecular complexity index is 403. The van der Waals surface area contributed by atoms with E-state index in [0.29, 0.717) is 5.69 Å². The molecule has 0 bridgehead atoms. The second kappa shape index (κ2) is 5.77. The van der Waals surface area contributed by atoms with Crippen LogP contribution in [0.15, 0.2) is 18.2 Å². The largest absolute Gasteiger partial charge is 0.478 e. The first-order chi connectivity index (χ1) is 7.68. The van der Waals surface area contributed by atoms with E-state index in [0.717, 1.165) is 18.8 Å². The second-order valence-corrected chi connectivity index (χ2v) is 4.13. The number of hydrogen-bond acceptors (Lipinski definition) is 3. The Morgan fingerprint density at radius 2 is 1.88 bits per heavy atom. The molecule has 1 aromatic rings. The molecular formula is C12H17ClN2O2. The maximum atomic E-state index is 10.8. The number of halogens is 1. The summed E-state index contributed by atoms with van der Waals surface area (Å²) in [5.74, 6) is -0.933. The molecule has 0 aliphatic carbocycles. The lowest BCUT2D eigenvalue weighted by Gasteiger charge is -2.29. The number of carboxylic acid groups (broad SMARTS) is 1. The van der Waals surface area contributed by atoms with E-state index in [1.54, 1.807) is 6.07 Å². The molecular weight excluding hydrogens is 240 g/mol. The molecule has 0 aromatic heterocycles. The van der Waals surface area contributed by atoms with Crippen LogP contribution in [0.25, 0.3) is 0 Å². The monoisotopic (exact) mass is 256 g/mol. The molecule has 0 spiro atoms. The standard InChI is InChI=1S/C12H16N2O2.ClH/c13-10-8-9(12(15)16)4-5-11(10)14-6-2-1-3-7-14;/h4-5,8H,1-3,6-7,13H2,(H,15,16);1H. The van der Waals surface area contributed by atoms with Gasteiger partial charge < -0.3 is 15.7 Å². The van der Waals surface area contributed by atoms with Gasteiger partial charge in [0, 0.05) is 13.1 Å². The van der Waals surface area contributed by atoms with Crippen LogP contribution in [0, 0.1) is 0 Å². The Balaban J connectivity index is 0.00000144. The van der Waals surface area contributed by atoms with Gasteiger partial charge in [0.15, 0.2) is 0 Å². The summed E-state index contributed by atoms with van der Waals surface area (Å²) in [6.45, 7) is 2.02. The fraction of sp³-hybridized carbons (Fsp3) is 0.417. The quantitative estimate of drug-likeness (QED) is 0.798. The van der Waals surface area contributed by atoms with Gasteiger partial charge in [0.1, 0.15) is 0 Å². The summed E-state index contributed by atoms with van der Waals surface area (Å²) in [5, 5.41) is 8.84. The van der Waals surface area contributed by atoms with Gasteiger partial charge in [-0.25, -0.2) is 4.79 Å². The molecule has 17 heavy (non-hydrogen) atoms. The first kappa shape index (κ1) is 13.6. The molecule has 0 amide bonds. The molecule has 5 heteroatoms. The Labute approximate surface area is 107 Å². The van der Waals surface area contributed by atoms with Crippen molar-refractivity contribution in [1.29, 1.82) is 0 Å². The first-order valence-electron chi connectivity index (χ1n) is 5.56. The molecule has 1 fully saturated rings. The molecule has 3 N–H and O–H groups in total. The van der Waals surface area contributed by atoms with Crippen LogP contribution >= 0.6 is 12.4 Å². The van der Waals surface area contributed by atoms with E-state index in [9.17, 15) is 4.79 Å². The van der Waals surface area contributed by atoms with Gasteiger partial charge in [-0.15, -0.1) is 12.4 Å². The van der Waals surface area contributed by atoms with Crippen molar-refractivity contribution in [3.05, 3.63) is 23.8 Å². The average molecular weight is 257 g/mol. The normalized spacial score (nSPS) is 15.2. The predicted octanol–water partition coefficient (Wildman–Crippen LogP) is 2.38. The number of carboxylic acids is 1. The van der Waals surface area contributed by atoms with E-state index in [-0.39, 0.29) is 18.0 Å². The number of hydrogen-bond donors (Lipinski definition) is 2. The summed E-state index contributed by atoms with van der Waals surface area (Å²) in [6.07, 6.45) is 3.63. The van der Waals surface area contributed by atoms with Crippen molar-refractivity contribution in [1.82, 2.24) is 0 Å². The lowest BCUT2D eigenvalue weighted by molar-refractivity contribution is 0.0697. The van der Waals surface area contributed by atoms with Crippen molar-refractivity contribution < 1.29 is 9.90 Å². The summed E-state index contributed by atoms with van der Waals surface area (Å²) in [7, 11) is 0. The number of nitrogen functional groups attached to an aromatic ring is 1. The number of rotatable bonds is 2. The number of nitrogens with zero attached hydrogens (tertiary/aromatic N) is 1. The fourth-order valence-electron chi connectivity index (χ4n) is 2.11. The van der Waals surface area contributed by atoms with E-state index in [4.69, 9.17) is 10.8 Å². The van der Waals surface area contributed by atoms with Gasteiger partial charge in [-0.05, 0) is 37.5 Å². The fourth-order valence-corrected chi connectivity index (χ4v) is 2.11. The molecule has 94 valence electrons. The Morgan fingerprint density at radius 1 is 1.24 bits per heavy atom. The van der Waals surface area contributed by atoms with Crippen molar-refractivity contribution in [2.75, 3.05) is 23.7 Å². The van der Waals surface area contributed by atoms with Crippen molar-refractivity contribution in [2.45, 2.75) is 19.3 Å². The number of nitrogens with two attached hydrogens (primary N) is 1. The molecule has 1 aliphatic rings. The van der Waals surface area contributed by atoms with Gasteiger partial charge in [-0.1, -0.05) is 0 Å². The molecule has 0 unspecified atom stereocenters. The predicted molar refractivity (Wildman–Crippen MR) is 71.1 cm³/mol. The third-order valence-corrected chi connectivity index (χ3v) is 2.97. The Hall–Kier alpha value is -1.42. The number of piperidine rings is 1. The van der Waals surface area contributed by atoms with Gasteiger partial charge in [-0.2, -0.15) is 0 Å². The van der Waals surface area contributed by atoms with E-state index in [1.165, 1.54) is 25.3 Å². The number of benzene rings is 1. The van der Waals surface area contributed by atoms with Gasteiger partial charge in [0.05, 0.1) is 16.9 Å². The Kier molecular flexibility index (Phi) is 4.63. The van der Waals surface area contributed by atoms with Crippen LogP contribution in [-0.2, 0) is 0 Å². The van der Waals surface area contributed by atoms with E-state index in [1.807, 2.05) is 6.07 Å². The molecule has 0 saturated carbocycles. The topological polar surface area (TPSA) is 66.6 Å². The molecule has 2 rings (SSSR count). The molecule has 1 saturated heterocycles. The van der Waals surface area contributed by atoms with Gasteiger partial charge in [-0.3, -0.25) is 0 Å². The van der Waals surface area contributed by atoms with Crippen LogP contribution in [0.1, 0.15) is 29.6 Å². The highest BCUT2D eigenvalue weighted by Gasteiger charge is 2.14. The molecule has 1 heterocycles. The zero-order valence-corrected chi connectivity index (χ0v) is 10.4. The third kappa shape index (κ3) is 3.03. The summed E-state index contributed by atoms with van der Waals surface area (Å²) in [5.41, 5.74) is 7.65. The molecule has 0 atom stereocenters. The third-order valence-electron chi connectivity index (χ3n) is 2.97. The zero-order valence-electron chi connectivity index (χ0n) is 9.56. The van der Waals surface area contributed by atoms with Crippen molar-refractivity contribution in [3.8, 4) is 0 Å². The SMILES string of the molecule is Cl.Nc1cc(C(=O)O)ccc1N1CCCCC1. The molecule has 1 aliphatic heterocycles. The van der Waals surface area contributed by atoms with Crippen LogP contribution in [0.5, 0.6) is 0 Å². The minimum atomic E-state index is -0.933. The summed E-state index contributed by atoms with van der Waals surface area (Å²) in [4.78, 5) is 13.0. The minimum Gasteiger partial charge on any atom is -0.478 e.